The maximum atomic E-state index is 12.3. The Hall–Kier alpha value is -2.33. The first kappa shape index (κ1) is 20.4. The van der Waals surface area contributed by atoms with Crippen molar-refractivity contribution in [1.29, 1.82) is 0 Å². The van der Waals surface area contributed by atoms with Crippen molar-refractivity contribution in [3.63, 3.8) is 0 Å². The fourth-order valence-corrected chi connectivity index (χ4v) is 4.01. The van der Waals surface area contributed by atoms with E-state index in [0.717, 1.165) is 11.8 Å². The number of sulfonamides is 1. The first-order valence-electron chi connectivity index (χ1n) is 9.06. The Morgan fingerprint density at radius 2 is 1.93 bits per heavy atom. The molecule has 1 aromatic carbocycles. The molecule has 2 aliphatic heterocycles. The zero-order valence-corrected chi connectivity index (χ0v) is 16.7. The molecule has 0 bridgehead atoms. The molecule has 1 atom stereocenters. The van der Waals surface area contributed by atoms with Crippen LogP contribution in [0.4, 0.5) is 0 Å². The van der Waals surface area contributed by atoms with E-state index in [4.69, 9.17) is 14.2 Å². The molecular weight excluding hydrogens is 388 g/mol. The quantitative estimate of drug-likeness (QED) is 0.683. The molecule has 1 saturated heterocycles. The molecule has 28 heavy (non-hydrogen) atoms. The lowest BCUT2D eigenvalue weighted by molar-refractivity contribution is -0.159. The fraction of sp³-hybridized carbons (Fsp3) is 0.556. The Labute approximate surface area is 164 Å². The molecule has 1 amide bonds. The average Bonchev–Trinajstić information content (AvgIpc) is 3.13. The van der Waals surface area contributed by atoms with Crippen LogP contribution in [0.3, 0.4) is 0 Å². The maximum Gasteiger partial charge on any atom is 0.309 e. The van der Waals surface area contributed by atoms with Crippen LogP contribution in [0.25, 0.3) is 0 Å². The van der Waals surface area contributed by atoms with E-state index < -0.39 is 33.9 Å². The predicted molar refractivity (Wildman–Crippen MR) is 99.1 cm³/mol. The third-order valence-electron chi connectivity index (χ3n) is 4.82. The molecule has 2 aliphatic rings. The summed E-state index contributed by atoms with van der Waals surface area (Å²) in [4.78, 5) is 24.5. The van der Waals surface area contributed by atoms with Gasteiger partial charge in [0.25, 0.3) is 5.91 Å². The van der Waals surface area contributed by atoms with Crippen LogP contribution in [-0.2, 0) is 30.9 Å². The number of rotatable bonds is 6. The second kappa shape index (κ2) is 8.36. The summed E-state index contributed by atoms with van der Waals surface area (Å²) in [6, 6.07) is 5.38. The second-order valence-electron chi connectivity index (χ2n) is 6.92. The zero-order chi connectivity index (χ0) is 20.3. The summed E-state index contributed by atoms with van der Waals surface area (Å²) >= 11 is 0. The van der Waals surface area contributed by atoms with Gasteiger partial charge in [-0.2, -0.15) is 0 Å². The van der Waals surface area contributed by atoms with Crippen molar-refractivity contribution in [1.82, 2.24) is 9.62 Å². The highest BCUT2D eigenvalue weighted by Crippen LogP contribution is 2.32. The molecule has 1 fully saturated rings. The third kappa shape index (κ3) is 4.93. The Morgan fingerprint density at radius 3 is 2.61 bits per heavy atom. The maximum absolute atomic E-state index is 12.3. The van der Waals surface area contributed by atoms with E-state index in [0.29, 0.717) is 24.3 Å². The van der Waals surface area contributed by atoms with Crippen LogP contribution in [0, 0.1) is 5.92 Å². The monoisotopic (exact) mass is 412 g/mol. The van der Waals surface area contributed by atoms with Gasteiger partial charge in [-0.25, -0.2) is 12.7 Å². The molecule has 1 N–H and O–H groups in total. The highest BCUT2D eigenvalue weighted by molar-refractivity contribution is 7.88. The Kier molecular flexibility index (Phi) is 6.09. The van der Waals surface area contributed by atoms with E-state index in [1.54, 1.807) is 12.1 Å². The fourth-order valence-electron chi connectivity index (χ4n) is 3.13. The average molecular weight is 412 g/mol. The number of benzene rings is 1. The minimum Gasteiger partial charge on any atom is -0.454 e. The smallest absolute Gasteiger partial charge is 0.309 e. The van der Waals surface area contributed by atoms with Gasteiger partial charge in [0.15, 0.2) is 17.6 Å². The van der Waals surface area contributed by atoms with Crippen molar-refractivity contribution in [2.24, 2.45) is 5.92 Å². The molecule has 0 radical (unpaired) electrons. The number of carbonyl (C=O) groups excluding carboxylic acids is 2. The molecule has 1 unspecified atom stereocenters. The van der Waals surface area contributed by atoms with Crippen molar-refractivity contribution >= 4 is 21.9 Å². The number of nitrogens with zero attached hydrogens (tertiary/aromatic N) is 1. The number of hydrogen-bond donors (Lipinski definition) is 1. The molecule has 154 valence electrons. The molecular formula is C18H24N2O7S. The summed E-state index contributed by atoms with van der Waals surface area (Å²) in [6.07, 6.45) is 0.988. The highest BCUT2D eigenvalue weighted by atomic mass is 32.2. The number of piperidine rings is 1. The van der Waals surface area contributed by atoms with Crippen LogP contribution >= 0.6 is 0 Å². The van der Waals surface area contributed by atoms with E-state index in [1.807, 2.05) is 6.07 Å². The van der Waals surface area contributed by atoms with Crippen LogP contribution < -0.4 is 14.8 Å². The zero-order valence-electron chi connectivity index (χ0n) is 15.8. The van der Waals surface area contributed by atoms with Crippen LogP contribution in [0.5, 0.6) is 11.5 Å². The minimum absolute atomic E-state index is 0.182. The van der Waals surface area contributed by atoms with Gasteiger partial charge in [0.2, 0.25) is 16.8 Å². The number of esters is 1. The van der Waals surface area contributed by atoms with Crippen LogP contribution in [0.1, 0.15) is 25.3 Å². The van der Waals surface area contributed by atoms with E-state index in [-0.39, 0.29) is 26.4 Å². The van der Waals surface area contributed by atoms with Crippen molar-refractivity contribution < 1.29 is 32.2 Å². The summed E-state index contributed by atoms with van der Waals surface area (Å²) in [5, 5.41) is 2.73. The van der Waals surface area contributed by atoms with Crippen molar-refractivity contribution in [3.8, 4) is 11.5 Å². The molecule has 10 heteroatoms. The molecule has 2 heterocycles. The van der Waals surface area contributed by atoms with Gasteiger partial charge in [0.1, 0.15) is 0 Å². The van der Waals surface area contributed by atoms with E-state index in [2.05, 4.69) is 5.32 Å². The molecule has 0 spiro atoms. The topological polar surface area (TPSA) is 111 Å². The second-order valence-corrected chi connectivity index (χ2v) is 8.90. The number of fused-ring (bicyclic) bond motifs is 1. The first-order valence-corrected chi connectivity index (χ1v) is 10.9. The van der Waals surface area contributed by atoms with Crippen molar-refractivity contribution in [2.75, 3.05) is 26.1 Å². The van der Waals surface area contributed by atoms with Gasteiger partial charge < -0.3 is 19.5 Å². The number of ether oxygens (including phenoxy) is 3. The molecule has 1 aromatic rings. The van der Waals surface area contributed by atoms with Crippen molar-refractivity contribution in [3.05, 3.63) is 23.8 Å². The van der Waals surface area contributed by atoms with Gasteiger partial charge in [-0.3, -0.25) is 9.59 Å². The van der Waals surface area contributed by atoms with E-state index >= 15 is 0 Å². The Balaban J connectivity index is 1.44. The SMILES string of the molecule is CC(OC(=O)C1CCN(S(C)(=O)=O)CC1)C(=O)NCc1ccc2c(c1)OCO2. The standard InChI is InChI=1S/C18H24N2O7S/c1-12(27-18(22)14-5-7-20(8-6-14)28(2,23)24)17(21)19-10-13-3-4-15-16(9-13)26-11-25-15/h3-4,9,12,14H,5-8,10-11H2,1-2H3,(H,19,21). The lowest BCUT2D eigenvalue weighted by Crippen LogP contribution is -2.42. The number of amides is 1. The summed E-state index contributed by atoms with van der Waals surface area (Å²) < 4.78 is 40.2. The number of carbonyl (C=O) groups is 2. The number of nitrogens with one attached hydrogen (secondary N) is 1. The van der Waals surface area contributed by atoms with Gasteiger partial charge in [-0.05, 0) is 37.5 Å². The summed E-state index contributed by atoms with van der Waals surface area (Å²) in [5.74, 6) is 0.0199. The van der Waals surface area contributed by atoms with Gasteiger partial charge in [-0.15, -0.1) is 0 Å². The lowest BCUT2D eigenvalue weighted by Gasteiger charge is -2.29. The van der Waals surface area contributed by atoms with Gasteiger partial charge >= 0.3 is 5.97 Å². The summed E-state index contributed by atoms with van der Waals surface area (Å²) in [7, 11) is -3.25. The summed E-state index contributed by atoms with van der Waals surface area (Å²) in [5.41, 5.74) is 0.837. The van der Waals surface area contributed by atoms with Crippen molar-refractivity contribution in [2.45, 2.75) is 32.4 Å². The van der Waals surface area contributed by atoms with E-state index in [9.17, 15) is 18.0 Å². The molecule has 9 nitrogen and oxygen atoms in total. The number of hydrogen-bond acceptors (Lipinski definition) is 7. The molecule has 0 saturated carbocycles. The van der Waals surface area contributed by atoms with Crippen LogP contribution in [0.2, 0.25) is 0 Å². The Morgan fingerprint density at radius 1 is 1.25 bits per heavy atom. The van der Waals surface area contributed by atoms with Gasteiger partial charge in [0, 0.05) is 19.6 Å². The molecule has 3 rings (SSSR count). The lowest BCUT2D eigenvalue weighted by atomic mass is 9.98. The van der Waals surface area contributed by atoms with Gasteiger partial charge in [0.05, 0.1) is 12.2 Å². The third-order valence-corrected chi connectivity index (χ3v) is 6.13. The largest absolute Gasteiger partial charge is 0.454 e. The van der Waals surface area contributed by atoms with E-state index in [1.165, 1.54) is 11.2 Å². The van der Waals surface area contributed by atoms with Gasteiger partial charge in [-0.1, -0.05) is 6.07 Å². The van der Waals surface area contributed by atoms with Crippen LogP contribution in [-0.4, -0.2) is 56.8 Å². The predicted octanol–water partition coefficient (Wildman–Crippen LogP) is 0.635. The van der Waals surface area contributed by atoms with Crippen LogP contribution in [0.15, 0.2) is 18.2 Å². The minimum atomic E-state index is -3.25. The molecule has 0 aliphatic carbocycles. The Bertz CT molecular complexity index is 847. The normalized spacial score (nSPS) is 18.5. The first-order chi connectivity index (χ1) is 13.2. The summed E-state index contributed by atoms with van der Waals surface area (Å²) in [6.45, 7) is 2.52. The highest BCUT2D eigenvalue weighted by Gasteiger charge is 2.31. The molecule has 0 aromatic heterocycles.